The van der Waals surface area contributed by atoms with Crippen molar-refractivity contribution in [2.45, 2.75) is 33.1 Å². The molecule has 1 aliphatic heterocycles. The van der Waals surface area contributed by atoms with E-state index in [1.807, 2.05) is 50.2 Å². The van der Waals surface area contributed by atoms with Crippen molar-refractivity contribution in [1.82, 2.24) is 14.7 Å². The minimum absolute atomic E-state index is 0.0336. The zero-order chi connectivity index (χ0) is 24.1. The highest BCUT2D eigenvalue weighted by Gasteiger charge is 2.28. The van der Waals surface area contributed by atoms with Gasteiger partial charge in [-0.3, -0.25) is 9.59 Å². The third kappa shape index (κ3) is 5.62. The minimum Gasteiger partial charge on any atom is -0.493 e. The first-order valence-electron chi connectivity index (χ1n) is 11.5. The van der Waals surface area contributed by atoms with Crippen LogP contribution in [0.25, 0.3) is 5.69 Å². The molecule has 1 fully saturated rings. The second-order valence-corrected chi connectivity index (χ2v) is 8.58. The van der Waals surface area contributed by atoms with E-state index in [9.17, 15) is 14.0 Å². The lowest BCUT2D eigenvalue weighted by atomic mass is 9.96. The number of carbonyl (C=O) groups excluding carboxylic acids is 2. The van der Waals surface area contributed by atoms with E-state index in [0.29, 0.717) is 30.9 Å². The highest BCUT2D eigenvalue weighted by Crippen LogP contribution is 2.23. The number of ether oxygens (including phenoxy) is 1. The zero-order valence-corrected chi connectivity index (χ0v) is 19.5. The number of carbonyl (C=O) groups is 2. The first-order chi connectivity index (χ1) is 16.4. The van der Waals surface area contributed by atoms with Gasteiger partial charge in [-0.1, -0.05) is 18.2 Å². The van der Waals surface area contributed by atoms with Crippen molar-refractivity contribution >= 4 is 17.5 Å². The Morgan fingerprint density at radius 1 is 1.15 bits per heavy atom. The third-order valence-electron chi connectivity index (χ3n) is 5.93. The average molecular weight is 465 g/mol. The molecule has 0 saturated carbocycles. The zero-order valence-electron chi connectivity index (χ0n) is 19.5. The topological polar surface area (TPSA) is 76.5 Å². The summed E-state index contributed by atoms with van der Waals surface area (Å²) in [5, 5.41) is 7.12. The van der Waals surface area contributed by atoms with Crippen LogP contribution in [0.4, 0.5) is 10.1 Å². The van der Waals surface area contributed by atoms with Gasteiger partial charge in [-0.25, -0.2) is 9.07 Å². The van der Waals surface area contributed by atoms with Gasteiger partial charge < -0.3 is 15.0 Å². The predicted molar refractivity (Wildman–Crippen MR) is 127 cm³/mol. The van der Waals surface area contributed by atoms with E-state index < -0.39 is 5.82 Å². The number of anilines is 1. The summed E-state index contributed by atoms with van der Waals surface area (Å²) < 4.78 is 21.9. The maximum absolute atomic E-state index is 14.7. The number of amides is 2. The smallest absolute Gasteiger partial charge is 0.229 e. The monoisotopic (exact) mass is 464 g/mol. The third-order valence-corrected chi connectivity index (χ3v) is 5.93. The van der Waals surface area contributed by atoms with Crippen LogP contribution in [-0.2, 0) is 9.59 Å². The van der Waals surface area contributed by atoms with E-state index in [2.05, 4.69) is 10.4 Å². The Kier molecular flexibility index (Phi) is 7.25. The summed E-state index contributed by atoms with van der Waals surface area (Å²) in [7, 11) is 0. The van der Waals surface area contributed by atoms with Crippen molar-refractivity contribution in [3.63, 3.8) is 0 Å². The van der Waals surface area contributed by atoms with Crippen LogP contribution < -0.4 is 10.1 Å². The molecular weight excluding hydrogens is 435 g/mol. The molecule has 178 valence electrons. The maximum Gasteiger partial charge on any atom is 0.229 e. The molecule has 3 aromatic rings. The molecule has 0 aliphatic carbocycles. The van der Waals surface area contributed by atoms with Crippen molar-refractivity contribution in [2.24, 2.45) is 5.92 Å². The quantitative estimate of drug-likeness (QED) is 0.567. The Morgan fingerprint density at radius 3 is 2.65 bits per heavy atom. The Balaban J connectivity index is 1.31. The van der Waals surface area contributed by atoms with E-state index in [1.165, 1.54) is 6.07 Å². The summed E-state index contributed by atoms with van der Waals surface area (Å²) in [5.41, 5.74) is 2.34. The summed E-state index contributed by atoms with van der Waals surface area (Å²) >= 11 is 0. The average Bonchev–Trinajstić information content (AvgIpc) is 3.17. The summed E-state index contributed by atoms with van der Waals surface area (Å²) in [6, 6.07) is 15.8. The van der Waals surface area contributed by atoms with Crippen LogP contribution in [0.5, 0.6) is 5.75 Å². The number of piperidine rings is 1. The molecule has 2 amide bonds. The van der Waals surface area contributed by atoms with Crippen LogP contribution in [0.3, 0.4) is 0 Å². The van der Waals surface area contributed by atoms with Crippen LogP contribution in [0.2, 0.25) is 0 Å². The fourth-order valence-corrected chi connectivity index (χ4v) is 4.22. The molecule has 1 aromatic heterocycles. The predicted octanol–water partition coefficient (Wildman–Crippen LogP) is 4.27. The van der Waals surface area contributed by atoms with Crippen LogP contribution in [-0.4, -0.2) is 46.2 Å². The number of likely N-dealkylation sites (tertiary alicyclic amines) is 1. The summed E-state index contributed by atoms with van der Waals surface area (Å²) in [6.07, 6.45) is 1.68. The van der Waals surface area contributed by atoms with Crippen LogP contribution in [0, 0.1) is 25.6 Å². The highest BCUT2D eigenvalue weighted by molar-refractivity contribution is 5.93. The van der Waals surface area contributed by atoms with Gasteiger partial charge in [0.25, 0.3) is 0 Å². The number of hydrogen-bond donors (Lipinski definition) is 1. The Labute approximate surface area is 198 Å². The van der Waals surface area contributed by atoms with Gasteiger partial charge in [0, 0.05) is 24.5 Å². The molecule has 4 rings (SSSR count). The molecule has 0 bridgehead atoms. The number of benzene rings is 2. The lowest BCUT2D eigenvalue weighted by Gasteiger charge is -2.32. The van der Waals surface area contributed by atoms with Crippen molar-refractivity contribution in [3.05, 3.63) is 71.8 Å². The molecule has 1 atom stereocenters. The molecule has 2 aromatic carbocycles. The largest absolute Gasteiger partial charge is 0.493 e. The standard InChI is InChI=1S/C26H29FN4O3/c1-18-15-19(2)31(29-18)24-11-10-21(16-23(24)27)28-26(33)20-7-6-13-30(17-20)25(32)12-14-34-22-8-4-3-5-9-22/h3-5,8-11,15-16,20H,6-7,12-14,17H2,1-2H3,(H,28,33). The van der Waals surface area contributed by atoms with Crippen molar-refractivity contribution < 1.29 is 18.7 Å². The normalized spacial score (nSPS) is 15.7. The fraction of sp³-hybridized carbons (Fsp3) is 0.346. The molecule has 1 unspecified atom stereocenters. The first kappa shape index (κ1) is 23.5. The van der Waals surface area contributed by atoms with Gasteiger partial charge in [0.1, 0.15) is 11.4 Å². The first-order valence-corrected chi connectivity index (χ1v) is 11.5. The lowest BCUT2D eigenvalue weighted by molar-refractivity contribution is -0.135. The second-order valence-electron chi connectivity index (χ2n) is 8.58. The Morgan fingerprint density at radius 2 is 1.94 bits per heavy atom. The van der Waals surface area contributed by atoms with Crippen molar-refractivity contribution in [2.75, 3.05) is 25.0 Å². The van der Waals surface area contributed by atoms with Gasteiger partial charge in [0.05, 0.1) is 24.6 Å². The molecule has 7 nitrogen and oxygen atoms in total. The van der Waals surface area contributed by atoms with E-state index in [0.717, 1.165) is 23.6 Å². The molecule has 0 spiro atoms. The van der Waals surface area contributed by atoms with Gasteiger partial charge in [-0.05, 0) is 63.1 Å². The number of nitrogens with zero attached hydrogens (tertiary/aromatic N) is 3. The fourth-order valence-electron chi connectivity index (χ4n) is 4.22. The number of para-hydroxylation sites is 1. The number of nitrogens with one attached hydrogen (secondary N) is 1. The van der Waals surface area contributed by atoms with Gasteiger partial charge in [-0.15, -0.1) is 0 Å². The van der Waals surface area contributed by atoms with E-state index in [1.54, 1.807) is 21.7 Å². The van der Waals surface area contributed by atoms with E-state index >= 15 is 0 Å². The molecule has 1 aliphatic rings. The molecule has 8 heteroatoms. The van der Waals surface area contributed by atoms with Crippen LogP contribution in [0.1, 0.15) is 30.7 Å². The summed E-state index contributed by atoms with van der Waals surface area (Å²) in [4.78, 5) is 27.2. The number of halogens is 1. The Bertz CT molecular complexity index is 1160. The van der Waals surface area contributed by atoms with E-state index in [-0.39, 0.29) is 30.8 Å². The Hall–Kier alpha value is -3.68. The lowest BCUT2D eigenvalue weighted by Crippen LogP contribution is -2.44. The van der Waals surface area contributed by atoms with Gasteiger partial charge in [-0.2, -0.15) is 5.10 Å². The molecule has 1 N–H and O–H groups in total. The highest BCUT2D eigenvalue weighted by atomic mass is 19.1. The van der Waals surface area contributed by atoms with Crippen LogP contribution >= 0.6 is 0 Å². The van der Waals surface area contributed by atoms with Gasteiger partial charge in [0.15, 0.2) is 5.82 Å². The molecule has 2 heterocycles. The SMILES string of the molecule is Cc1cc(C)n(-c2ccc(NC(=O)C3CCCN(C(=O)CCOc4ccccc4)C3)cc2F)n1. The number of rotatable bonds is 7. The maximum atomic E-state index is 14.7. The van der Waals surface area contributed by atoms with Crippen LogP contribution in [0.15, 0.2) is 54.6 Å². The van der Waals surface area contributed by atoms with Gasteiger partial charge in [0.2, 0.25) is 11.8 Å². The van der Waals surface area contributed by atoms with Gasteiger partial charge >= 0.3 is 0 Å². The molecule has 34 heavy (non-hydrogen) atoms. The number of hydrogen-bond acceptors (Lipinski definition) is 4. The minimum atomic E-state index is -0.470. The molecule has 0 radical (unpaired) electrons. The number of aromatic nitrogens is 2. The number of aryl methyl sites for hydroxylation is 2. The van der Waals surface area contributed by atoms with E-state index in [4.69, 9.17) is 4.74 Å². The molecule has 1 saturated heterocycles. The molecular formula is C26H29FN4O3. The summed E-state index contributed by atoms with van der Waals surface area (Å²) in [5.74, 6) is -0.332. The van der Waals surface area contributed by atoms with Crippen molar-refractivity contribution in [3.8, 4) is 11.4 Å². The second kappa shape index (κ2) is 10.5. The van der Waals surface area contributed by atoms with Crippen molar-refractivity contribution in [1.29, 1.82) is 0 Å². The summed E-state index contributed by atoms with van der Waals surface area (Å²) in [6.45, 7) is 4.98.